The molecule has 0 radical (unpaired) electrons. The number of hydrogen-bond acceptors (Lipinski definition) is 3. The number of nitrogens with zero attached hydrogens (tertiary/aromatic N) is 1. The maximum atomic E-state index is 11.3. The van der Waals surface area contributed by atoms with Crippen LogP contribution in [0.3, 0.4) is 0 Å². The van der Waals surface area contributed by atoms with Gasteiger partial charge in [0.1, 0.15) is 0 Å². The zero-order chi connectivity index (χ0) is 9.68. The second-order valence-corrected chi connectivity index (χ2v) is 3.36. The quantitative estimate of drug-likeness (QED) is 0.670. The van der Waals surface area contributed by atoms with Crippen LogP contribution in [0.1, 0.15) is 26.2 Å². The fourth-order valence-electron chi connectivity index (χ4n) is 1.30. The number of hydrogen-bond donors (Lipinski definition) is 1. The molecule has 76 valence electrons. The van der Waals surface area contributed by atoms with E-state index in [0.29, 0.717) is 26.1 Å². The highest BCUT2D eigenvalue weighted by atomic mass is 16.6. The number of β-amino-alcohol motifs (C(OH)–C–C–N with tert-alkyl or cyclic N) is 1. The Morgan fingerprint density at radius 1 is 1.69 bits per heavy atom. The molecule has 0 bridgehead atoms. The highest BCUT2D eigenvalue weighted by Gasteiger charge is 2.25. The van der Waals surface area contributed by atoms with Gasteiger partial charge in [0.25, 0.3) is 0 Å². The molecule has 0 spiro atoms. The van der Waals surface area contributed by atoms with Gasteiger partial charge in [-0.15, -0.1) is 0 Å². The van der Waals surface area contributed by atoms with Gasteiger partial charge in [0.15, 0.2) is 0 Å². The van der Waals surface area contributed by atoms with Crippen molar-refractivity contribution in [3.63, 3.8) is 0 Å². The van der Waals surface area contributed by atoms with Crippen LogP contribution in [-0.2, 0) is 4.74 Å². The Morgan fingerprint density at radius 2 is 2.46 bits per heavy atom. The summed E-state index contributed by atoms with van der Waals surface area (Å²) in [5.74, 6) is 0. The minimum absolute atomic E-state index is 0.287. The molecule has 13 heavy (non-hydrogen) atoms. The second kappa shape index (κ2) is 5.07. The van der Waals surface area contributed by atoms with Gasteiger partial charge in [-0.3, -0.25) is 0 Å². The summed E-state index contributed by atoms with van der Waals surface area (Å²) in [5, 5.41) is 9.17. The third kappa shape index (κ3) is 3.22. The van der Waals surface area contributed by atoms with Gasteiger partial charge in [-0.2, -0.15) is 0 Å². The monoisotopic (exact) mass is 187 g/mol. The van der Waals surface area contributed by atoms with Crippen molar-refractivity contribution in [2.24, 2.45) is 0 Å². The molecular formula is C9H17NO3. The Kier molecular flexibility index (Phi) is 4.02. The van der Waals surface area contributed by atoms with E-state index in [1.165, 1.54) is 0 Å². The Labute approximate surface area is 78.5 Å². The molecule has 4 nitrogen and oxygen atoms in total. The third-order valence-electron chi connectivity index (χ3n) is 2.15. The zero-order valence-electron chi connectivity index (χ0n) is 8.03. The van der Waals surface area contributed by atoms with Crippen molar-refractivity contribution >= 4 is 6.09 Å². The van der Waals surface area contributed by atoms with E-state index in [2.05, 4.69) is 0 Å². The molecule has 1 rings (SSSR count). The molecule has 0 aliphatic carbocycles. The number of ether oxygens (including phenoxy) is 1. The zero-order valence-corrected chi connectivity index (χ0v) is 8.03. The molecule has 4 heteroatoms. The van der Waals surface area contributed by atoms with Gasteiger partial charge in [-0.25, -0.2) is 4.79 Å². The first-order valence-corrected chi connectivity index (χ1v) is 4.83. The Balaban J connectivity index is 2.16. The van der Waals surface area contributed by atoms with Crippen LogP contribution in [0.2, 0.25) is 0 Å². The number of amides is 1. The summed E-state index contributed by atoms with van der Waals surface area (Å²) in [7, 11) is 0. The summed E-state index contributed by atoms with van der Waals surface area (Å²) in [6.45, 7) is 3.58. The van der Waals surface area contributed by atoms with Gasteiger partial charge < -0.3 is 14.7 Å². The van der Waals surface area contributed by atoms with Gasteiger partial charge >= 0.3 is 6.09 Å². The van der Waals surface area contributed by atoms with Crippen LogP contribution in [0, 0.1) is 0 Å². The Hall–Kier alpha value is -0.770. The highest BCUT2D eigenvalue weighted by Crippen LogP contribution is 2.09. The summed E-state index contributed by atoms with van der Waals surface area (Å²) < 4.78 is 4.99. The summed E-state index contributed by atoms with van der Waals surface area (Å²) in [6.07, 6.45) is 1.95. The number of likely N-dealkylation sites (tertiary alicyclic amines) is 1. The van der Waals surface area contributed by atoms with Crippen LogP contribution in [-0.4, -0.2) is 41.9 Å². The smallest absolute Gasteiger partial charge is 0.409 e. The lowest BCUT2D eigenvalue weighted by Crippen LogP contribution is -2.30. The van der Waals surface area contributed by atoms with Gasteiger partial charge in [-0.05, 0) is 12.8 Å². The van der Waals surface area contributed by atoms with Crippen LogP contribution in [0.4, 0.5) is 4.79 Å². The molecule has 1 aliphatic heterocycles. The molecule has 1 atom stereocenters. The second-order valence-electron chi connectivity index (χ2n) is 3.36. The molecule has 0 saturated carbocycles. The third-order valence-corrected chi connectivity index (χ3v) is 2.15. The van der Waals surface area contributed by atoms with Crippen molar-refractivity contribution in [2.75, 3.05) is 19.7 Å². The van der Waals surface area contributed by atoms with Crippen molar-refractivity contribution in [2.45, 2.75) is 32.3 Å². The van der Waals surface area contributed by atoms with E-state index in [1.807, 2.05) is 6.92 Å². The van der Waals surface area contributed by atoms with Gasteiger partial charge in [0.05, 0.1) is 12.7 Å². The van der Waals surface area contributed by atoms with Crippen LogP contribution in [0.15, 0.2) is 0 Å². The van der Waals surface area contributed by atoms with Gasteiger partial charge in [0, 0.05) is 13.1 Å². The van der Waals surface area contributed by atoms with Crippen LogP contribution < -0.4 is 0 Å². The Morgan fingerprint density at radius 3 is 3.00 bits per heavy atom. The van der Waals surface area contributed by atoms with Crippen molar-refractivity contribution in [1.29, 1.82) is 0 Å². The number of aliphatic hydroxyl groups excluding tert-OH is 1. The van der Waals surface area contributed by atoms with E-state index in [0.717, 1.165) is 12.8 Å². The van der Waals surface area contributed by atoms with E-state index >= 15 is 0 Å². The number of rotatable bonds is 3. The molecule has 1 aliphatic rings. The van der Waals surface area contributed by atoms with Gasteiger partial charge in [-0.1, -0.05) is 13.3 Å². The largest absolute Gasteiger partial charge is 0.449 e. The lowest BCUT2D eigenvalue weighted by molar-refractivity contribution is 0.102. The Bertz CT molecular complexity index is 172. The first kappa shape index (κ1) is 10.3. The van der Waals surface area contributed by atoms with Crippen molar-refractivity contribution in [3.05, 3.63) is 0 Å². The van der Waals surface area contributed by atoms with E-state index in [-0.39, 0.29) is 12.2 Å². The summed E-state index contributed by atoms with van der Waals surface area (Å²) in [4.78, 5) is 12.8. The fraction of sp³-hybridized carbons (Fsp3) is 0.889. The molecule has 0 aromatic carbocycles. The fourth-order valence-corrected chi connectivity index (χ4v) is 1.30. The molecule has 0 unspecified atom stereocenters. The van der Waals surface area contributed by atoms with E-state index in [9.17, 15) is 9.90 Å². The summed E-state index contributed by atoms with van der Waals surface area (Å²) in [5.41, 5.74) is 0. The maximum Gasteiger partial charge on any atom is 0.409 e. The van der Waals surface area contributed by atoms with E-state index < -0.39 is 0 Å². The maximum absolute atomic E-state index is 11.3. The van der Waals surface area contributed by atoms with Crippen molar-refractivity contribution in [1.82, 2.24) is 4.90 Å². The van der Waals surface area contributed by atoms with Crippen LogP contribution in [0.5, 0.6) is 0 Å². The summed E-state index contributed by atoms with van der Waals surface area (Å²) in [6, 6.07) is 0. The first-order valence-electron chi connectivity index (χ1n) is 4.83. The average molecular weight is 187 g/mol. The predicted octanol–water partition coefficient (Wildman–Crippen LogP) is 0.990. The minimum Gasteiger partial charge on any atom is -0.449 e. The van der Waals surface area contributed by atoms with Crippen molar-refractivity contribution < 1.29 is 14.6 Å². The molecule has 1 fully saturated rings. The number of carbonyl (C=O) groups excluding carboxylic acids is 1. The van der Waals surface area contributed by atoms with Crippen LogP contribution in [0.25, 0.3) is 0 Å². The average Bonchev–Trinajstić information content (AvgIpc) is 2.52. The first-order chi connectivity index (χ1) is 6.24. The van der Waals surface area contributed by atoms with Crippen molar-refractivity contribution in [3.8, 4) is 0 Å². The molecule has 0 aromatic rings. The minimum atomic E-state index is -0.362. The number of aliphatic hydroxyl groups is 1. The molecule has 1 N–H and O–H groups in total. The lowest BCUT2D eigenvalue weighted by atomic mass is 10.3. The molecular weight excluding hydrogens is 170 g/mol. The number of unbranched alkanes of at least 4 members (excludes halogenated alkanes) is 1. The molecule has 1 heterocycles. The SMILES string of the molecule is CCCCOC(=O)N1CC[C@@H](O)C1. The van der Waals surface area contributed by atoms with E-state index in [1.54, 1.807) is 4.90 Å². The molecule has 0 aromatic heterocycles. The van der Waals surface area contributed by atoms with Gasteiger partial charge in [0.2, 0.25) is 0 Å². The summed E-state index contributed by atoms with van der Waals surface area (Å²) >= 11 is 0. The normalized spacial score (nSPS) is 22.0. The molecule has 1 amide bonds. The molecule has 1 saturated heterocycles. The topological polar surface area (TPSA) is 49.8 Å². The highest BCUT2D eigenvalue weighted by molar-refractivity contribution is 5.67. The lowest BCUT2D eigenvalue weighted by Gasteiger charge is -2.14. The standard InChI is InChI=1S/C9H17NO3/c1-2-3-6-13-9(12)10-5-4-8(11)7-10/h8,11H,2-7H2,1H3/t8-/m1/s1. The number of carbonyl (C=O) groups is 1. The van der Waals surface area contributed by atoms with Crippen LogP contribution >= 0.6 is 0 Å². The van der Waals surface area contributed by atoms with E-state index in [4.69, 9.17) is 4.74 Å². The predicted molar refractivity (Wildman–Crippen MR) is 48.5 cm³/mol.